The molecule has 0 spiro atoms. The van der Waals surface area contributed by atoms with Crippen molar-refractivity contribution in [3.63, 3.8) is 0 Å². The molecule has 1 aliphatic heterocycles. The minimum atomic E-state index is -4.65. The number of nitrogens with one attached hydrogen (secondary N) is 2. The molecule has 2 aromatic carbocycles. The summed E-state index contributed by atoms with van der Waals surface area (Å²) in [6.45, 7) is 1.64. The van der Waals surface area contributed by atoms with Gasteiger partial charge in [-0.1, -0.05) is 24.3 Å². The van der Waals surface area contributed by atoms with Crippen molar-refractivity contribution in [3.05, 3.63) is 66.4 Å². The van der Waals surface area contributed by atoms with Crippen molar-refractivity contribution in [1.82, 2.24) is 14.3 Å². The fourth-order valence-corrected chi connectivity index (χ4v) is 5.46. The van der Waals surface area contributed by atoms with Crippen LogP contribution in [0, 0.1) is 0 Å². The van der Waals surface area contributed by atoms with Crippen LogP contribution in [0.15, 0.2) is 65.7 Å². The lowest BCUT2D eigenvalue weighted by Crippen LogP contribution is -2.22. The van der Waals surface area contributed by atoms with Crippen LogP contribution in [-0.2, 0) is 16.2 Å². The highest BCUT2D eigenvalue weighted by atomic mass is 32.2. The van der Waals surface area contributed by atoms with Gasteiger partial charge in [0.2, 0.25) is 0 Å². The summed E-state index contributed by atoms with van der Waals surface area (Å²) in [4.78, 5) is 4.26. The van der Waals surface area contributed by atoms with Crippen molar-refractivity contribution < 1.29 is 21.6 Å². The van der Waals surface area contributed by atoms with E-state index in [0.29, 0.717) is 33.7 Å². The lowest BCUT2D eigenvalue weighted by Gasteiger charge is -2.16. The van der Waals surface area contributed by atoms with E-state index in [-0.39, 0.29) is 6.04 Å². The molecule has 1 aliphatic rings. The van der Waals surface area contributed by atoms with Crippen molar-refractivity contribution in [2.24, 2.45) is 0 Å². The largest absolute Gasteiger partial charge is 0.416 e. The van der Waals surface area contributed by atoms with Gasteiger partial charge >= 0.3 is 6.18 Å². The van der Waals surface area contributed by atoms with Gasteiger partial charge in [-0.25, -0.2) is 17.4 Å². The summed E-state index contributed by atoms with van der Waals surface area (Å²) < 4.78 is 67.5. The van der Waals surface area contributed by atoms with Gasteiger partial charge in [0.1, 0.15) is 5.82 Å². The van der Waals surface area contributed by atoms with Gasteiger partial charge in [0, 0.05) is 29.6 Å². The Labute approximate surface area is 182 Å². The maximum Gasteiger partial charge on any atom is 0.416 e. The summed E-state index contributed by atoms with van der Waals surface area (Å²) in [7, 11) is -4.29. The monoisotopic (exact) mass is 460 g/mol. The summed E-state index contributed by atoms with van der Waals surface area (Å²) in [6, 6.07) is 12.7. The zero-order valence-corrected chi connectivity index (χ0v) is 17.5. The topological polar surface area (TPSA) is 76.0 Å². The number of halogens is 3. The Kier molecular flexibility index (Phi) is 4.86. The Morgan fingerprint density at radius 3 is 2.62 bits per heavy atom. The van der Waals surface area contributed by atoms with Crippen LogP contribution < -0.4 is 10.6 Å². The molecule has 4 aromatic rings. The number of hydrogen-bond donors (Lipinski definition) is 2. The third-order valence-corrected chi connectivity index (χ3v) is 7.29. The normalized spacial score (nSPS) is 17.3. The molecule has 0 saturated carbocycles. The number of alkyl halides is 3. The average molecular weight is 460 g/mol. The number of benzene rings is 2. The Hall–Kier alpha value is -3.11. The molecule has 10 heteroatoms. The second-order valence-electron chi connectivity index (χ2n) is 7.72. The third kappa shape index (κ3) is 3.49. The molecular formula is C22H19F3N4O2S. The maximum absolute atomic E-state index is 13.4. The van der Waals surface area contributed by atoms with E-state index in [1.165, 1.54) is 12.3 Å². The van der Waals surface area contributed by atoms with Crippen molar-refractivity contribution in [2.75, 3.05) is 18.4 Å². The molecule has 166 valence electrons. The Morgan fingerprint density at radius 1 is 1.06 bits per heavy atom. The number of anilines is 1. The number of aromatic nitrogens is 2. The maximum atomic E-state index is 13.4. The van der Waals surface area contributed by atoms with Crippen LogP contribution in [0.4, 0.5) is 19.0 Å². The Morgan fingerprint density at radius 2 is 1.88 bits per heavy atom. The highest BCUT2D eigenvalue weighted by molar-refractivity contribution is 7.90. The van der Waals surface area contributed by atoms with E-state index < -0.39 is 26.7 Å². The first-order valence-electron chi connectivity index (χ1n) is 10.0. The van der Waals surface area contributed by atoms with Crippen molar-refractivity contribution in [2.45, 2.75) is 23.5 Å². The third-order valence-electron chi connectivity index (χ3n) is 5.62. The van der Waals surface area contributed by atoms with Crippen LogP contribution in [0.25, 0.3) is 21.8 Å². The van der Waals surface area contributed by atoms with Crippen LogP contribution in [0.5, 0.6) is 0 Å². The molecule has 0 bridgehead atoms. The minimum Gasteiger partial charge on any atom is -0.365 e. The van der Waals surface area contributed by atoms with Crippen molar-refractivity contribution >= 4 is 37.6 Å². The SMILES string of the molecule is O=S(=O)(c1cccc(C(F)(F)F)c1)n1ccc2c(N[C@H]3CCNC3)nc3ccccc3c21. The molecule has 3 heterocycles. The van der Waals surface area contributed by atoms with Crippen molar-refractivity contribution in [3.8, 4) is 0 Å². The fraction of sp³-hybridized carbons (Fsp3) is 0.227. The molecule has 2 N–H and O–H groups in total. The minimum absolute atomic E-state index is 0.148. The predicted octanol–water partition coefficient (Wildman–Crippen LogP) is 4.22. The number of fused-ring (bicyclic) bond motifs is 3. The van der Waals surface area contributed by atoms with E-state index >= 15 is 0 Å². The molecular weight excluding hydrogens is 441 g/mol. The van der Waals surface area contributed by atoms with Gasteiger partial charge in [-0.05, 0) is 43.3 Å². The zero-order chi connectivity index (χ0) is 22.5. The van der Waals surface area contributed by atoms with Gasteiger partial charge in [-0.2, -0.15) is 13.2 Å². The second kappa shape index (κ2) is 7.49. The quantitative estimate of drug-likeness (QED) is 0.477. The van der Waals surface area contributed by atoms with Crippen LogP contribution >= 0.6 is 0 Å². The zero-order valence-electron chi connectivity index (χ0n) is 16.7. The molecule has 1 atom stereocenters. The smallest absolute Gasteiger partial charge is 0.365 e. The number of nitrogens with zero attached hydrogens (tertiary/aromatic N) is 2. The summed E-state index contributed by atoms with van der Waals surface area (Å²) in [5.41, 5.74) is -0.0493. The van der Waals surface area contributed by atoms with Gasteiger partial charge in [-0.15, -0.1) is 0 Å². The van der Waals surface area contributed by atoms with Gasteiger partial charge in [0.25, 0.3) is 10.0 Å². The first-order chi connectivity index (χ1) is 15.2. The molecule has 1 fully saturated rings. The lowest BCUT2D eigenvalue weighted by atomic mass is 10.1. The van der Waals surface area contributed by atoms with Gasteiger partial charge < -0.3 is 10.6 Å². The van der Waals surface area contributed by atoms with Crippen LogP contribution in [0.3, 0.4) is 0 Å². The van der Waals surface area contributed by atoms with E-state index in [1.807, 2.05) is 0 Å². The molecule has 0 amide bonds. The summed E-state index contributed by atoms with van der Waals surface area (Å²) in [5, 5.41) is 7.83. The summed E-state index contributed by atoms with van der Waals surface area (Å²) in [5.74, 6) is 0.547. The van der Waals surface area contributed by atoms with Gasteiger partial charge in [0.05, 0.1) is 21.5 Å². The Balaban J connectivity index is 1.72. The first kappa shape index (κ1) is 20.8. The fourth-order valence-electron chi connectivity index (χ4n) is 4.05. The molecule has 0 unspecified atom stereocenters. The molecule has 6 nitrogen and oxygen atoms in total. The molecule has 2 aromatic heterocycles. The Bertz CT molecular complexity index is 1420. The highest BCUT2D eigenvalue weighted by Gasteiger charge is 2.32. The predicted molar refractivity (Wildman–Crippen MR) is 116 cm³/mol. The molecule has 0 aliphatic carbocycles. The molecule has 1 saturated heterocycles. The lowest BCUT2D eigenvalue weighted by molar-refractivity contribution is -0.137. The van der Waals surface area contributed by atoms with E-state index in [9.17, 15) is 21.6 Å². The standard InChI is InChI=1S/C22H19F3N4O2S/c23-22(24,25)14-4-3-5-16(12-14)32(30,31)29-11-9-18-20(29)17-6-1-2-7-19(17)28-21(18)27-15-8-10-26-13-15/h1-7,9,11-12,15,26H,8,10,13H2,(H,27,28)/t15-/m0/s1. The van der Waals surface area contributed by atoms with Gasteiger partial charge in [0.15, 0.2) is 0 Å². The average Bonchev–Trinajstić information content (AvgIpc) is 3.44. The van der Waals surface area contributed by atoms with Crippen LogP contribution in [0.1, 0.15) is 12.0 Å². The number of hydrogen-bond acceptors (Lipinski definition) is 5. The van der Waals surface area contributed by atoms with Crippen LogP contribution in [-0.4, -0.2) is 36.5 Å². The summed E-state index contributed by atoms with van der Waals surface area (Å²) in [6.07, 6.45) is -2.38. The summed E-state index contributed by atoms with van der Waals surface area (Å²) >= 11 is 0. The number of pyridine rings is 1. The number of para-hydroxylation sites is 1. The molecule has 0 radical (unpaired) electrons. The van der Waals surface area contributed by atoms with Crippen LogP contribution in [0.2, 0.25) is 0 Å². The van der Waals surface area contributed by atoms with E-state index in [2.05, 4.69) is 15.6 Å². The number of rotatable bonds is 4. The van der Waals surface area contributed by atoms with E-state index in [1.54, 1.807) is 30.3 Å². The van der Waals surface area contributed by atoms with E-state index in [4.69, 9.17) is 0 Å². The van der Waals surface area contributed by atoms with Crippen molar-refractivity contribution in [1.29, 1.82) is 0 Å². The first-order valence-corrected chi connectivity index (χ1v) is 11.5. The molecule has 5 rings (SSSR count). The molecule has 32 heavy (non-hydrogen) atoms. The second-order valence-corrected chi connectivity index (χ2v) is 9.53. The van der Waals surface area contributed by atoms with Gasteiger partial charge in [-0.3, -0.25) is 0 Å². The highest BCUT2D eigenvalue weighted by Crippen LogP contribution is 2.35. The van der Waals surface area contributed by atoms with E-state index in [0.717, 1.165) is 35.6 Å².